The maximum Gasteiger partial charge on any atom is 0.253 e. The molecule has 1 saturated heterocycles. The molecule has 5 nitrogen and oxygen atoms in total. The van der Waals surface area contributed by atoms with Gasteiger partial charge >= 0.3 is 0 Å². The number of sulfonamides is 1. The standard InChI is InChI=1S/C15H14ClN3O2S2/c16-13-7-8-14(22-13)23(20,21)19-9-3-6-12(19)15-17-10-4-1-2-5-11(10)18-15/h1-2,4-5,7-8,12H,3,6,9H2,(H,17,18). The van der Waals surface area contributed by atoms with Gasteiger partial charge in [-0.3, -0.25) is 0 Å². The van der Waals surface area contributed by atoms with Gasteiger partial charge in [0.25, 0.3) is 10.0 Å². The highest BCUT2D eigenvalue weighted by Crippen LogP contribution is 2.38. The predicted molar refractivity (Wildman–Crippen MR) is 91.3 cm³/mol. The van der Waals surface area contributed by atoms with E-state index in [0.29, 0.717) is 16.7 Å². The van der Waals surface area contributed by atoms with E-state index >= 15 is 0 Å². The van der Waals surface area contributed by atoms with Crippen molar-refractivity contribution < 1.29 is 8.42 Å². The average molecular weight is 368 g/mol. The Bertz CT molecular complexity index is 931. The summed E-state index contributed by atoms with van der Waals surface area (Å²) in [5, 5.41) is 0. The van der Waals surface area contributed by atoms with Crippen molar-refractivity contribution in [2.45, 2.75) is 23.1 Å². The van der Waals surface area contributed by atoms with Crippen LogP contribution in [0.2, 0.25) is 4.34 Å². The van der Waals surface area contributed by atoms with E-state index in [4.69, 9.17) is 11.6 Å². The summed E-state index contributed by atoms with van der Waals surface area (Å²) in [6.45, 7) is 0.500. The van der Waals surface area contributed by atoms with Crippen LogP contribution in [0.25, 0.3) is 11.0 Å². The minimum Gasteiger partial charge on any atom is -0.341 e. The molecule has 0 aliphatic carbocycles. The zero-order valence-electron chi connectivity index (χ0n) is 12.1. The number of H-pyrrole nitrogens is 1. The van der Waals surface area contributed by atoms with Crippen LogP contribution in [0.4, 0.5) is 0 Å². The number of nitrogens with one attached hydrogen (secondary N) is 1. The summed E-state index contributed by atoms with van der Waals surface area (Å²) in [5.74, 6) is 0.704. The Hall–Kier alpha value is -1.41. The van der Waals surface area contributed by atoms with Gasteiger partial charge in [0, 0.05) is 6.54 Å². The van der Waals surface area contributed by atoms with E-state index in [1.165, 1.54) is 4.31 Å². The van der Waals surface area contributed by atoms with Gasteiger partial charge in [-0.05, 0) is 37.1 Å². The maximum absolute atomic E-state index is 12.9. The molecule has 0 radical (unpaired) electrons. The van der Waals surface area contributed by atoms with Gasteiger partial charge < -0.3 is 4.98 Å². The number of halogens is 1. The fourth-order valence-electron chi connectivity index (χ4n) is 2.98. The number of aromatic amines is 1. The van der Waals surface area contributed by atoms with Gasteiger partial charge in [-0.15, -0.1) is 11.3 Å². The molecule has 0 bridgehead atoms. The Morgan fingerprint density at radius 1 is 1.26 bits per heavy atom. The van der Waals surface area contributed by atoms with Crippen LogP contribution in [0.5, 0.6) is 0 Å². The fraction of sp³-hybridized carbons (Fsp3) is 0.267. The predicted octanol–water partition coefficient (Wildman–Crippen LogP) is 3.80. The molecule has 1 aliphatic heterocycles. The van der Waals surface area contributed by atoms with Gasteiger partial charge in [-0.2, -0.15) is 4.31 Å². The highest BCUT2D eigenvalue weighted by atomic mass is 35.5. The van der Waals surface area contributed by atoms with Crippen molar-refractivity contribution in [3.05, 3.63) is 46.6 Å². The number of fused-ring (bicyclic) bond motifs is 1. The molecule has 1 atom stereocenters. The molecule has 8 heteroatoms. The van der Waals surface area contributed by atoms with Gasteiger partial charge in [0.15, 0.2) is 0 Å². The summed E-state index contributed by atoms with van der Waals surface area (Å²) in [5.41, 5.74) is 1.77. The zero-order valence-corrected chi connectivity index (χ0v) is 14.5. The van der Waals surface area contributed by atoms with Crippen molar-refractivity contribution >= 4 is 44.0 Å². The third-order valence-electron chi connectivity index (χ3n) is 4.04. The molecule has 1 N–H and O–H groups in total. The molecule has 120 valence electrons. The van der Waals surface area contributed by atoms with E-state index in [1.807, 2.05) is 24.3 Å². The van der Waals surface area contributed by atoms with Crippen molar-refractivity contribution in [3.8, 4) is 0 Å². The molecule has 1 unspecified atom stereocenters. The van der Waals surface area contributed by atoms with Crippen molar-refractivity contribution in [1.29, 1.82) is 0 Å². The molecular weight excluding hydrogens is 354 g/mol. The van der Waals surface area contributed by atoms with E-state index in [2.05, 4.69) is 9.97 Å². The Labute approximate surface area is 143 Å². The Morgan fingerprint density at radius 2 is 2.09 bits per heavy atom. The summed E-state index contributed by atoms with van der Waals surface area (Å²) < 4.78 is 28.1. The first-order chi connectivity index (χ1) is 11.1. The molecule has 0 saturated carbocycles. The number of hydrogen-bond donors (Lipinski definition) is 1. The number of rotatable bonds is 3. The van der Waals surface area contributed by atoms with Crippen LogP contribution in [0.15, 0.2) is 40.6 Å². The first-order valence-electron chi connectivity index (χ1n) is 7.27. The van der Waals surface area contributed by atoms with Gasteiger partial charge in [0.05, 0.1) is 21.4 Å². The lowest BCUT2D eigenvalue weighted by Crippen LogP contribution is -2.30. The molecule has 1 aliphatic rings. The molecule has 3 heterocycles. The van der Waals surface area contributed by atoms with Crippen molar-refractivity contribution in [1.82, 2.24) is 14.3 Å². The Kier molecular flexibility index (Phi) is 3.68. The third-order valence-corrected chi connectivity index (χ3v) is 7.65. The Morgan fingerprint density at radius 3 is 2.83 bits per heavy atom. The number of imidazole rings is 1. The highest BCUT2D eigenvalue weighted by Gasteiger charge is 2.38. The molecule has 0 spiro atoms. The molecule has 1 fully saturated rings. The lowest BCUT2D eigenvalue weighted by molar-refractivity contribution is 0.387. The largest absolute Gasteiger partial charge is 0.341 e. The minimum atomic E-state index is -3.55. The summed E-state index contributed by atoms with van der Waals surface area (Å²) in [4.78, 5) is 7.83. The van der Waals surface area contributed by atoms with Gasteiger partial charge in [-0.25, -0.2) is 13.4 Å². The Balaban J connectivity index is 1.74. The number of hydrogen-bond acceptors (Lipinski definition) is 4. The lowest BCUT2D eigenvalue weighted by atomic mass is 10.2. The van der Waals surface area contributed by atoms with Gasteiger partial charge in [0.2, 0.25) is 0 Å². The number of para-hydroxylation sites is 2. The van der Waals surface area contributed by atoms with E-state index in [-0.39, 0.29) is 10.3 Å². The second-order valence-corrected chi connectivity index (χ2v) is 9.30. The summed E-state index contributed by atoms with van der Waals surface area (Å²) in [6, 6.07) is 10.6. The second-order valence-electron chi connectivity index (χ2n) is 5.47. The zero-order chi connectivity index (χ0) is 16.0. The summed E-state index contributed by atoms with van der Waals surface area (Å²) in [6.07, 6.45) is 1.58. The first-order valence-corrected chi connectivity index (χ1v) is 9.91. The van der Waals surface area contributed by atoms with Gasteiger partial charge in [0.1, 0.15) is 10.0 Å². The van der Waals surface area contributed by atoms with Crippen LogP contribution in [0.3, 0.4) is 0 Å². The molecule has 2 aromatic heterocycles. The van der Waals surface area contributed by atoms with Crippen LogP contribution < -0.4 is 0 Å². The lowest BCUT2D eigenvalue weighted by Gasteiger charge is -2.21. The van der Waals surface area contributed by atoms with Crippen molar-refractivity contribution in [2.24, 2.45) is 0 Å². The van der Waals surface area contributed by atoms with E-state index in [1.54, 1.807) is 12.1 Å². The second kappa shape index (κ2) is 5.59. The molecule has 23 heavy (non-hydrogen) atoms. The number of benzene rings is 1. The monoisotopic (exact) mass is 367 g/mol. The normalized spacial score (nSPS) is 19.6. The van der Waals surface area contributed by atoms with Crippen LogP contribution in [-0.2, 0) is 10.0 Å². The molecule has 1 aromatic carbocycles. The number of aromatic nitrogens is 2. The maximum atomic E-state index is 12.9. The van der Waals surface area contributed by atoms with E-state index < -0.39 is 10.0 Å². The molecule has 3 aromatic rings. The minimum absolute atomic E-state index is 0.256. The number of nitrogens with zero attached hydrogens (tertiary/aromatic N) is 2. The average Bonchev–Trinajstić information content (AvgIpc) is 3.25. The summed E-state index contributed by atoms with van der Waals surface area (Å²) in [7, 11) is -3.55. The third kappa shape index (κ3) is 2.57. The van der Waals surface area contributed by atoms with E-state index in [9.17, 15) is 8.42 Å². The van der Waals surface area contributed by atoms with Crippen LogP contribution in [0, 0.1) is 0 Å². The van der Waals surface area contributed by atoms with Crippen molar-refractivity contribution in [2.75, 3.05) is 6.54 Å². The van der Waals surface area contributed by atoms with Gasteiger partial charge in [-0.1, -0.05) is 23.7 Å². The smallest absolute Gasteiger partial charge is 0.253 e. The highest BCUT2D eigenvalue weighted by molar-refractivity contribution is 7.91. The van der Waals surface area contributed by atoms with Crippen molar-refractivity contribution in [3.63, 3.8) is 0 Å². The van der Waals surface area contributed by atoms with E-state index in [0.717, 1.165) is 35.2 Å². The van der Waals surface area contributed by atoms with Crippen LogP contribution in [-0.4, -0.2) is 29.2 Å². The number of thiophene rings is 1. The molecule has 0 amide bonds. The van der Waals surface area contributed by atoms with Crippen LogP contribution >= 0.6 is 22.9 Å². The molecular formula is C15H14ClN3O2S2. The first kappa shape index (κ1) is 15.1. The molecule has 4 rings (SSSR count). The fourth-order valence-corrected chi connectivity index (χ4v) is 6.26. The summed E-state index contributed by atoms with van der Waals surface area (Å²) >= 11 is 6.99. The SMILES string of the molecule is O=S(=O)(c1ccc(Cl)s1)N1CCCC1c1nc2ccccc2[nH]1. The van der Waals surface area contributed by atoms with Crippen LogP contribution in [0.1, 0.15) is 24.7 Å². The topological polar surface area (TPSA) is 66.1 Å². The quantitative estimate of drug-likeness (QED) is 0.765.